The van der Waals surface area contributed by atoms with Crippen LogP contribution in [-0.4, -0.2) is 67.0 Å². The van der Waals surface area contributed by atoms with E-state index in [1.165, 1.54) is 10.5 Å². The summed E-state index contributed by atoms with van der Waals surface area (Å²) in [6.45, 7) is 12.8. The SMILES string of the molecule is CCCN(CCC)CCCCN(Cc1ccc(CN(Cc2ccc(C)cn2)Cc2ncc[nH]2)cc1)C(=O)O. The maximum atomic E-state index is 11.9. The summed E-state index contributed by atoms with van der Waals surface area (Å²) in [5, 5.41) is 9.76. The van der Waals surface area contributed by atoms with E-state index in [0.29, 0.717) is 26.2 Å². The summed E-state index contributed by atoms with van der Waals surface area (Å²) in [6, 6.07) is 12.4. The van der Waals surface area contributed by atoms with Crippen LogP contribution in [0.1, 0.15) is 67.7 Å². The van der Waals surface area contributed by atoms with Gasteiger partial charge in [-0.05, 0) is 75.0 Å². The highest BCUT2D eigenvalue weighted by molar-refractivity contribution is 5.65. The third-order valence-electron chi connectivity index (χ3n) is 6.59. The Bertz CT molecular complexity index is 1050. The fourth-order valence-electron chi connectivity index (χ4n) is 4.66. The summed E-state index contributed by atoms with van der Waals surface area (Å²) in [5.41, 5.74) is 4.34. The number of aromatic nitrogens is 3. The van der Waals surface area contributed by atoms with Crippen molar-refractivity contribution in [3.8, 4) is 0 Å². The van der Waals surface area contributed by atoms with E-state index in [9.17, 15) is 9.90 Å². The molecule has 0 unspecified atom stereocenters. The summed E-state index contributed by atoms with van der Waals surface area (Å²) < 4.78 is 0. The van der Waals surface area contributed by atoms with E-state index in [-0.39, 0.29) is 0 Å². The minimum absolute atomic E-state index is 0.409. The Balaban J connectivity index is 1.55. The number of carboxylic acid groups (broad SMARTS) is 1. The molecule has 0 aliphatic heterocycles. The van der Waals surface area contributed by atoms with Crippen LogP contribution in [0.4, 0.5) is 4.79 Å². The molecule has 0 aliphatic carbocycles. The highest BCUT2D eigenvalue weighted by Gasteiger charge is 2.14. The zero-order valence-electron chi connectivity index (χ0n) is 23.3. The molecule has 8 heteroatoms. The number of nitrogens with one attached hydrogen (secondary N) is 1. The predicted molar refractivity (Wildman–Crippen MR) is 152 cm³/mol. The van der Waals surface area contributed by atoms with Crippen LogP contribution in [0, 0.1) is 6.92 Å². The first-order chi connectivity index (χ1) is 18.5. The van der Waals surface area contributed by atoms with E-state index in [4.69, 9.17) is 0 Å². The average molecular weight is 521 g/mol. The Morgan fingerprint density at radius 3 is 2.08 bits per heavy atom. The van der Waals surface area contributed by atoms with E-state index in [2.05, 4.69) is 62.9 Å². The first kappa shape index (κ1) is 29.3. The van der Waals surface area contributed by atoms with Crippen molar-refractivity contribution < 1.29 is 9.90 Å². The summed E-state index contributed by atoms with van der Waals surface area (Å²) >= 11 is 0. The first-order valence-corrected chi connectivity index (χ1v) is 13.9. The van der Waals surface area contributed by atoms with Crippen LogP contribution in [-0.2, 0) is 26.2 Å². The van der Waals surface area contributed by atoms with Gasteiger partial charge in [-0.1, -0.05) is 44.2 Å². The molecular weight excluding hydrogens is 476 g/mol. The molecular formula is C30H44N6O2. The zero-order valence-corrected chi connectivity index (χ0v) is 23.3. The number of aryl methyl sites for hydroxylation is 1. The number of aromatic amines is 1. The Hall–Kier alpha value is -3.23. The number of imidazole rings is 1. The van der Waals surface area contributed by atoms with Crippen molar-refractivity contribution in [3.05, 3.63) is 83.2 Å². The number of carbonyl (C=O) groups is 1. The van der Waals surface area contributed by atoms with Crippen LogP contribution in [0.2, 0.25) is 0 Å². The topological polar surface area (TPSA) is 88.6 Å². The number of hydrogen-bond acceptors (Lipinski definition) is 5. The largest absolute Gasteiger partial charge is 0.465 e. The molecule has 0 spiro atoms. The molecule has 8 nitrogen and oxygen atoms in total. The molecule has 0 atom stereocenters. The Morgan fingerprint density at radius 2 is 1.50 bits per heavy atom. The normalized spacial score (nSPS) is 11.4. The van der Waals surface area contributed by atoms with Crippen molar-refractivity contribution in [2.45, 2.75) is 72.6 Å². The van der Waals surface area contributed by atoms with Gasteiger partial charge in [0, 0.05) is 44.8 Å². The quantitative estimate of drug-likeness (QED) is 0.222. The number of pyridine rings is 1. The van der Waals surface area contributed by atoms with Gasteiger partial charge in [0.15, 0.2) is 0 Å². The number of rotatable bonds is 17. The molecule has 1 amide bonds. The lowest BCUT2D eigenvalue weighted by atomic mass is 10.1. The van der Waals surface area contributed by atoms with Gasteiger partial charge >= 0.3 is 6.09 Å². The van der Waals surface area contributed by atoms with Gasteiger partial charge in [0.25, 0.3) is 0 Å². The fraction of sp³-hybridized carbons (Fsp3) is 0.500. The lowest BCUT2D eigenvalue weighted by Crippen LogP contribution is -2.31. The monoisotopic (exact) mass is 520 g/mol. The van der Waals surface area contributed by atoms with E-state index >= 15 is 0 Å². The highest BCUT2D eigenvalue weighted by Crippen LogP contribution is 2.15. The molecule has 3 rings (SSSR count). The van der Waals surface area contributed by atoms with E-state index in [1.807, 2.05) is 31.5 Å². The second-order valence-corrected chi connectivity index (χ2v) is 10.1. The summed E-state index contributed by atoms with van der Waals surface area (Å²) in [6.07, 6.45) is 8.85. The molecule has 3 aromatic rings. The number of amides is 1. The smallest absolute Gasteiger partial charge is 0.407 e. The van der Waals surface area contributed by atoms with Crippen LogP contribution >= 0.6 is 0 Å². The Kier molecular flexibility index (Phi) is 12.3. The van der Waals surface area contributed by atoms with Gasteiger partial charge in [-0.3, -0.25) is 9.88 Å². The van der Waals surface area contributed by atoms with Crippen molar-refractivity contribution in [2.75, 3.05) is 26.2 Å². The first-order valence-electron chi connectivity index (χ1n) is 13.9. The zero-order chi connectivity index (χ0) is 27.2. The maximum absolute atomic E-state index is 11.9. The van der Waals surface area contributed by atoms with E-state index in [0.717, 1.165) is 74.5 Å². The summed E-state index contributed by atoms with van der Waals surface area (Å²) in [4.78, 5) is 30.4. The minimum atomic E-state index is -0.858. The molecule has 0 saturated carbocycles. The van der Waals surface area contributed by atoms with Crippen LogP contribution in [0.25, 0.3) is 0 Å². The molecule has 38 heavy (non-hydrogen) atoms. The molecule has 2 N–H and O–H groups in total. The molecule has 0 fully saturated rings. The molecule has 0 radical (unpaired) electrons. The average Bonchev–Trinajstić information content (AvgIpc) is 3.41. The lowest BCUT2D eigenvalue weighted by molar-refractivity contribution is 0.140. The van der Waals surface area contributed by atoms with Crippen molar-refractivity contribution in [1.82, 2.24) is 29.7 Å². The molecule has 0 saturated heterocycles. The predicted octanol–water partition coefficient (Wildman–Crippen LogP) is 5.70. The van der Waals surface area contributed by atoms with Crippen molar-refractivity contribution in [3.63, 3.8) is 0 Å². The van der Waals surface area contributed by atoms with Gasteiger partial charge in [-0.15, -0.1) is 0 Å². The van der Waals surface area contributed by atoms with Crippen LogP contribution < -0.4 is 0 Å². The van der Waals surface area contributed by atoms with Gasteiger partial charge < -0.3 is 19.9 Å². The van der Waals surface area contributed by atoms with Crippen LogP contribution in [0.3, 0.4) is 0 Å². The van der Waals surface area contributed by atoms with E-state index < -0.39 is 6.09 Å². The third-order valence-corrected chi connectivity index (χ3v) is 6.59. The van der Waals surface area contributed by atoms with Gasteiger partial charge in [0.05, 0.1) is 12.2 Å². The molecule has 2 heterocycles. The van der Waals surface area contributed by atoms with Crippen molar-refractivity contribution in [2.24, 2.45) is 0 Å². The molecule has 206 valence electrons. The molecule has 0 bridgehead atoms. The summed E-state index contributed by atoms with van der Waals surface area (Å²) in [7, 11) is 0. The highest BCUT2D eigenvalue weighted by atomic mass is 16.4. The molecule has 1 aromatic carbocycles. The van der Waals surface area contributed by atoms with Crippen molar-refractivity contribution in [1.29, 1.82) is 0 Å². The fourth-order valence-corrected chi connectivity index (χ4v) is 4.66. The van der Waals surface area contributed by atoms with Gasteiger partial charge in [-0.2, -0.15) is 0 Å². The number of H-pyrrole nitrogens is 1. The number of nitrogens with zero attached hydrogens (tertiary/aromatic N) is 5. The van der Waals surface area contributed by atoms with Gasteiger partial charge in [-0.25, -0.2) is 9.78 Å². The van der Waals surface area contributed by atoms with Crippen molar-refractivity contribution >= 4 is 6.09 Å². The van der Waals surface area contributed by atoms with Gasteiger partial charge in [0.1, 0.15) is 5.82 Å². The molecule has 2 aromatic heterocycles. The number of hydrogen-bond donors (Lipinski definition) is 2. The number of unbranched alkanes of at least 4 members (excludes halogenated alkanes) is 1. The number of benzene rings is 1. The Labute approximate surface area is 227 Å². The van der Waals surface area contributed by atoms with Crippen LogP contribution in [0.15, 0.2) is 55.0 Å². The lowest BCUT2D eigenvalue weighted by Gasteiger charge is -2.23. The van der Waals surface area contributed by atoms with E-state index in [1.54, 1.807) is 6.20 Å². The standard InChI is InChI=1S/C30H44N6O2/c1-4-16-34(17-5-2)18-6-7-19-36(30(37)38)22-27-11-9-26(10-12-27)21-35(24-29-31-14-15-32-29)23-28-13-8-25(3)20-33-28/h8-15,20H,4-7,16-19,21-24H2,1-3H3,(H,31,32)(H,37,38). The second-order valence-electron chi connectivity index (χ2n) is 10.1. The third kappa shape index (κ3) is 10.3. The maximum Gasteiger partial charge on any atom is 0.407 e. The summed E-state index contributed by atoms with van der Waals surface area (Å²) in [5.74, 6) is 0.915. The Morgan fingerprint density at radius 1 is 0.816 bits per heavy atom. The van der Waals surface area contributed by atoms with Gasteiger partial charge in [0.2, 0.25) is 0 Å². The minimum Gasteiger partial charge on any atom is -0.465 e. The molecule has 0 aliphatic rings. The second kappa shape index (κ2) is 15.9. The van der Waals surface area contributed by atoms with Crippen LogP contribution in [0.5, 0.6) is 0 Å².